The summed E-state index contributed by atoms with van der Waals surface area (Å²) in [5.74, 6) is -0.155. The average Bonchev–Trinajstić information content (AvgIpc) is 4.31. The summed E-state index contributed by atoms with van der Waals surface area (Å²) < 4.78 is 25.0. The zero-order chi connectivity index (χ0) is 54.8. The molecule has 0 fully saturated rings. The summed E-state index contributed by atoms with van der Waals surface area (Å²) in [4.78, 5) is 83.9. The summed E-state index contributed by atoms with van der Waals surface area (Å²) in [5.41, 5.74) is 3.98. The van der Waals surface area contributed by atoms with Gasteiger partial charge in [0.2, 0.25) is 0 Å². The second-order valence-corrected chi connectivity index (χ2v) is 18.2. The summed E-state index contributed by atoms with van der Waals surface area (Å²) in [7, 11) is 0. The van der Waals surface area contributed by atoms with Gasteiger partial charge in [0.05, 0.1) is 22.3 Å². The predicted molar refractivity (Wildman–Crippen MR) is 290 cm³/mol. The topological polar surface area (TPSA) is 295 Å². The largest absolute Gasteiger partial charge is 0.478 e. The second-order valence-electron chi connectivity index (χ2n) is 18.2. The number of carboxylic acid groups (broad SMARTS) is 4. The Kier molecular flexibility index (Phi) is 11.4. The summed E-state index contributed by atoms with van der Waals surface area (Å²) in [6.45, 7) is 0. The van der Waals surface area contributed by atoms with Crippen LogP contribution < -0.4 is 18.9 Å². The smallest absolute Gasteiger partial charge is 0.335 e. The second kappa shape index (κ2) is 19.1. The fourth-order valence-electron chi connectivity index (χ4n) is 9.17. The summed E-state index contributed by atoms with van der Waals surface area (Å²) >= 11 is 0. The maximum atomic E-state index is 11.6. The number of aromatic nitrogens is 8. The van der Waals surface area contributed by atoms with Gasteiger partial charge in [-0.25, -0.2) is 49.1 Å². The Bertz CT molecular complexity index is 4310. The fraction of sp³-hybridized carbons (Fsp3) is 0. The number of nitrogens with zero attached hydrogens (tertiary/aromatic N) is 6. The van der Waals surface area contributed by atoms with Crippen molar-refractivity contribution in [2.24, 2.45) is 0 Å². The Hall–Kier alpha value is -11.8. The first-order valence-corrected chi connectivity index (χ1v) is 24.3. The summed E-state index contributed by atoms with van der Waals surface area (Å²) in [6.07, 6.45) is 0. The first-order valence-electron chi connectivity index (χ1n) is 24.3. The monoisotopic (exact) mass is 1060 g/mol. The van der Waals surface area contributed by atoms with Crippen molar-refractivity contribution in [3.05, 3.63) is 192 Å². The Morgan fingerprint density at radius 2 is 0.525 bits per heavy atom. The van der Waals surface area contributed by atoms with Crippen molar-refractivity contribution in [3.8, 4) is 91.5 Å². The number of carboxylic acids is 4. The number of ether oxygens (including phenoxy) is 4. The highest BCUT2D eigenvalue weighted by molar-refractivity contribution is 6.07. The number of aromatic amines is 2. The number of aromatic carboxylic acids is 4. The fourth-order valence-corrected chi connectivity index (χ4v) is 9.17. The average molecular weight is 1060 g/mol. The minimum absolute atomic E-state index is 0.0967. The number of benzene rings is 8. The summed E-state index contributed by atoms with van der Waals surface area (Å²) in [5, 5.41) is 40.3. The van der Waals surface area contributed by atoms with E-state index in [1.165, 1.54) is 48.5 Å². The lowest BCUT2D eigenvalue weighted by atomic mass is 10.1. The van der Waals surface area contributed by atoms with Crippen LogP contribution in [0, 0.1) is 0 Å². The van der Waals surface area contributed by atoms with Gasteiger partial charge >= 0.3 is 23.9 Å². The van der Waals surface area contributed by atoms with Crippen LogP contribution in [0.3, 0.4) is 0 Å². The van der Waals surface area contributed by atoms with Crippen LogP contribution in [-0.2, 0) is 0 Å². The molecular weight excluding hydrogens is 1020 g/mol. The molecule has 0 radical (unpaired) electrons. The summed E-state index contributed by atoms with van der Waals surface area (Å²) in [6, 6.07) is 45.2. The molecule has 2 aliphatic heterocycles. The lowest BCUT2D eigenvalue weighted by Gasteiger charge is -2.08. The molecule has 13 rings (SSSR count). The third kappa shape index (κ3) is 9.06. The predicted octanol–water partition coefficient (Wildman–Crippen LogP) is 12.8. The first kappa shape index (κ1) is 47.9. The lowest BCUT2D eigenvalue weighted by molar-refractivity contribution is 0.0686. The van der Waals surface area contributed by atoms with Gasteiger partial charge in [-0.3, -0.25) is 0 Å². The Balaban J connectivity index is 1.03. The zero-order valence-corrected chi connectivity index (χ0v) is 40.9. The maximum absolute atomic E-state index is 11.6. The van der Waals surface area contributed by atoms with Gasteiger partial charge in [-0.05, 0) is 170 Å². The minimum atomic E-state index is -1.07. The Labute approximate surface area is 448 Å². The molecule has 20 heteroatoms. The van der Waals surface area contributed by atoms with Crippen molar-refractivity contribution in [3.63, 3.8) is 0 Å². The van der Waals surface area contributed by atoms with Gasteiger partial charge in [0.1, 0.15) is 68.6 Å². The van der Waals surface area contributed by atoms with Gasteiger partial charge in [0, 0.05) is 43.8 Å². The van der Waals surface area contributed by atoms with E-state index in [9.17, 15) is 39.6 Å². The third-order valence-corrected chi connectivity index (χ3v) is 13.1. The highest BCUT2D eigenvalue weighted by Crippen LogP contribution is 2.42. The number of hydrogen-bond donors (Lipinski definition) is 6. The molecular formula is C60H34N8O12. The standard InChI is InChI=1S/C60H34N8O12/c69-57(70)29-1-9-33(10-2-29)77-37-17-21-41-45(25-37)53-61-49(41)66-54-47-27-39(79-35-13-5-31(6-14-35)59(73)74)19-23-43(47)51(63-54)68-56-48-28-40(80-36-15-7-32(8-16-36)60(75)76)20-24-44(48)52(64-56)67-55-46-26-38(18-22-42(46)50(62-55)65-53)78-34-11-3-30(4-12-34)58(71)72/h1-28H,(H,69,70)(H,71,72)(H,73,74)(H,75,76)(H2,61,62,63,64,65,66,67,68). The van der Waals surface area contributed by atoms with Crippen LogP contribution in [0.5, 0.6) is 46.0 Å². The molecule has 0 saturated carbocycles. The highest BCUT2D eigenvalue weighted by atomic mass is 16.5. The van der Waals surface area contributed by atoms with Gasteiger partial charge in [0.25, 0.3) is 0 Å². The highest BCUT2D eigenvalue weighted by Gasteiger charge is 2.25. The van der Waals surface area contributed by atoms with Crippen molar-refractivity contribution in [2.45, 2.75) is 0 Å². The quantitative estimate of drug-likeness (QED) is 0.0662. The van der Waals surface area contributed by atoms with Gasteiger partial charge in [-0.15, -0.1) is 0 Å². The number of H-pyrrole nitrogens is 2. The molecule has 8 bridgehead atoms. The molecule has 386 valence electrons. The molecule has 20 nitrogen and oxygen atoms in total. The van der Waals surface area contributed by atoms with E-state index >= 15 is 0 Å². The third-order valence-electron chi connectivity index (χ3n) is 13.1. The normalized spacial score (nSPS) is 11.4. The molecule has 2 aliphatic rings. The zero-order valence-electron chi connectivity index (χ0n) is 40.9. The minimum Gasteiger partial charge on any atom is -0.478 e. The van der Waals surface area contributed by atoms with E-state index in [2.05, 4.69) is 9.97 Å². The molecule has 5 heterocycles. The number of carbonyl (C=O) groups is 4. The van der Waals surface area contributed by atoms with Crippen molar-refractivity contribution >= 4 is 68.0 Å². The molecule has 0 spiro atoms. The van der Waals surface area contributed by atoms with Gasteiger partial charge in [-0.2, -0.15) is 0 Å². The van der Waals surface area contributed by atoms with E-state index in [0.717, 1.165) is 0 Å². The van der Waals surface area contributed by atoms with E-state index in [1.54, 1.807) is 121 Å². The van der Waals surface area contributed by atoms with Crippen molar-refractivity contribution < 1.29 is 58.6 Å². The Morgan fingerprint density at radius 3 is 0.825 bits per heavy atom. The van der Waals surface area contributed by atoms with Gasteiger partial charge in [0.15, 0.2) is 23.3 Å². The SMILES string of the molecule is O=C(O)c1ccc(Oc2ccc3c(c2)-c2nc-3nc3[nH]c(nc4nc(nc5[nH]c(n2)c2ccc(Oc6ccc(C(=O)O)cc6)cc52)-c2ccc(Oc5ccc(C(=O)O)cc5)cc2-4)c2ccc(Oc4ccc(C(=O)O)cc4)cc32)cc1. The van der Waals surface area contributed by atoms with Crippen molar-refractivity contribution in [1.29, 1.82) is 0 Å². The van der Waals surface area contributed by atoms with Crippen LogP contribution in [0.15, 0.2) is 170 Å². The molecule has 0 atom stereocenters. The molecule has 11 aromatic rings. The molecule has 80 heavy (non-hydrogen) atoms. The molecule has 6 N–H and O–H groups in total. The first-order chi connectivity index (χ1) is 38.8. The molecule has 0 aliphatic carbocycles. The van der Waals surface area contributed by atoms with Crippen molar-refractivity contribution in [1.82, 2.24) is 39.9 Å². The number of hydrogen-bond acceptors (Lipinski definition) is 14. The molecule has 8 aromatic carbocycles. The molecule has 0 unspecified atom stereocenters. The van der Waals surface area contributed by atoms with E-state index in [0.29, 0.717) is 112 Å². The van der Waals surface area contributed by atoms with E-state index in [4.69, 9.17) is 48.9 Å². The van der Waals surface area contributed by atoms with Crippen LogP contribution in [0.2, 0.25) is 0 Å². The molecule has 3 aromatic heterocycles. The van der Waals surface area contributed by atoms with E-state index in [1.807, 2.05) is 0 Å². The van der Waals surface area contributed by atoms with Gasteiger partial charge < -0.3 is 49.3 Å². The van der Waals surface area contributed by atoms with Crippen LogP contribution in [0.4, 0.5) is 0 Å². The Morgan fingerprint density at radius 1 is 0.275 bits per heavy atom. The molecule has 0 saturated heterocycles. The molecule has 0 amide bonds. The van der Waals surface area contributed by atoms with E-state index in [-0.39, 0.29) is 45.6 Å². The van der Waals surface area contributed by atoms with Crippen LogP contribution in [-0.4, -0.2) is 84.2 Å². The number of rotatable bonds is 12. The van der Waals surface area contributed by atoms with Gasteiger partial charge in [-0.1, -0.05) is 0 Å². The maximum Gasteiger partial charge on any atom is 0.335 e. The van der Waals surface area contributed by atoms with Crippen LogP contribution in [0.25, 0.3) is 89.7 Å². The van der Waals surface area contributed by atoms with E-state index < -0.39 is 23.9 Å². The number of nitrogens with one attached hydrogen (secondary N) is 2. The van der Waals surface area contributed by atoms with Crippen LogP contribution >= 0.6 is 0 Å². The van der Waals surface area contributed by atoms with Crippen LogP contribution in [0.1, 0.15) is 41.4 Å². The lowest BCUT2D eigenvalue weighted by Crippen LogP contribution is -1.95. The van der Waals surface area contributed by atoms with Crippen molar-refractivity contribution in [2.75, 3.05) is 0 Å². The number of fused-ring (bicyclic) bond motifs is 20.